The molecule has 0 fully saturated rings. The van der Waals surface area contributed by atoms with Gasteiger partial charge in [-0.25, -0.2) is 0 Å². The molecular formula is C12H12N2O. The Labute approximate surface area is 87.7 Å². The lowest BCUT2D eigenvalue weighted by atomic mass is 10.0. The first-order chi connectivity index (χ1) is 7.20. The molecule has 3 nitrogen and oxygen atoms in total. The molecule has 0 spiro atoms. The highest BCUT2D eigenvalue weighted by Gasteiger charge is 2.01. The summed E-state index contributed by atoms with van der Waals surface area (Å²) >= 11 is 0. The van der Waals surface area contributed by atoms with Crippen molar-refractivity contribution < 1.29 is 4.79 Å². The molecule has 0 atom stereocenters. The van der Waals surface area contributed by atoms with Crippen molar-refractivity contribution in [1.29, 1.82) is 0 Å². The first kappa shape index (κ1) is 9.68. The van der Waals surface area contributed by atoms with Crippen LogP contribution in [0.3, 0.4) is 0 Å². The van der Waals surface area contributed by atoms with E-state index in [2.05, 4.69) is 0 Å². The molecule has 0 saturated heterocycles. The summed E-state index contributed by atoms with van der Waals surface area (Å²) in [6.45, 7) is 0.497. The smallest absolute Gasteiger partial charge is 0.248 e. The maximum Gasteiger partial charge on any atom is 0.248 e. The molecule has 1 amide bonds. The first-order valence-electron chi connectivity index (χ1n) is 4.73. The standard InChI is InChI=1S/C12H12N2O/c13-7-8-1-2-9-3-4-10(12(14)15)6-11(9)5-8/h1-6H,7,13H2,(H2,14,15). The van der Waals surface area contributed by atoms with E-state index in [0.29, 0.717) is 12.1 Å². The van der Waals surface area contributed by atoms with Gasteiger partial charge in [-0.15, -0.1) is 0 Å². The van der Waals surface area contributed by atoms with Crippen LogP contribution >= 0.6 is 0 Å². The Hall–Kier alpha value is -1.87. The molecule has 15 heavy (non-hydrogen) atoms. The van der Waals surface area contributed by atoms with E-state index in [1.54, 1.807) is 12.1 Å². The Morgan fingerprint density at radius 2 is 1.80 bits per heavy atom. The Morgan fingerprint density at radius 1 is 1.07 bits per heavy atom. The van der Waals surface area contributed by atoms with Gasteiger partial charge in [0, 0.05) is 12.1 Å². The largest absolute Gasteiger partial charge is 0.366 e. The molecule has 0 aliphatic carbocycles. The highest BCUT2D eigenvalue weighted by atomic mass is 16.1. The summed E-state index contributed by atoms with van der Waals surface area (Å²) in [5, 5.41) is 2.08. The van der Waals surface area contributed by atoms with Crippen LogP contribution in [0, 0.1) is 0 Å². The maximum absolute atomic E-state index is 11.0. The molecule has 0 unspecified atom stereocenters. The molecular weight excluding hydrogens is 188 g/mol. The van der Waals surface area contributed by atoms with Gasteiger partial charge in [-0.1, -0.05) is 18.2 Å². The fraction of sp³-hybridized carbons (Fsp3) is 0.0833. The second-order valence-corrected chi connectivity index (χ2v) is 3.46. The Kier molecular flexibility index (Phi) is 2.39. The van der Waals surface area contributed by atoms with Gasteiger partial charge in [0.15, 0.2) is 0 Å². The molecule has 0 aliphatic rings. The number of nitrogens with two attached hydrogens (primary N) is 2. The van der Waals surface area contributed by atoms with Crippen molar-refractivity contribution in [2.75, 3.05) is 0 Å². The van der Waals surface area contributed by atoms with E-state index >= 15 is 0 Å². The Morgan fingerprint density at radius 3 is 2.47 bits per heavy atom. The summed E-state index contributed by atoms with van der Waals surface area (Å²) in [5.74, 6) is -0.407. The third-order valence-corrected chi connectivity index (χ3v) is 2.42. The molecule has 2 rings (SSSR count). The number of carbonyl (C=O) groups excluding carboxylic acids is 1. The fourth-order valence-electron chi connectivity index (χ4n) is 1.58. The van der Waals surface area contributed by atoms with Gasteiger partial charge in [-0.05, 0) is 34.5 Å². The van der Waals surface area contributed by atoms with Crippen LogP contribution < -0.4 is 11.5 Å². The average molecular weight is 200 g/mol. The predicted molar refractivity (Wildman–Crippen MR) is 60.4 cm³/mol. The van der Waals surface area contributed by atoms with Crippen LogP contribution in [-0.4, -0.2) is 5.91 Å². The maximum atomic E-state index is 11.0. The Bertz CT molecular complexity index is 520. The first-order valence-corrected chi connectivity index (χ1v) is 4.73. The predicted octanol–water partition coefficient (Wildman–Crippen LogP) is 1.40. The van der Waals surface area contributed by atoms with Crippen LogP contribution in [0.4, 0.5) is 0 Å². The molecule has 0 radical (unpaired) electrons. The van der Waals surface area contributed by atoms with Crippen molar-refractivity contribution in [3.05, 3.63) is 47.5 Å². The van der Waals surface area contributed by atoms with Crippen LogP contribution in [0.5, 0.6) is 0 Å². The van der Waals surface area contributed by atoms with Crippen LogP contribution in [0.2, 0.25) is 0 Å². The number of hydrogen-bond donors (Lipinski definition) is 2. The summed E-state index contributed by atoms with van der Waals surface area (Å²) in [6, 6.07) is 11.3. The monoisotopic (exact) mass is 200 g/mol. The quantitative estimate of drug-likeness (QED) is 0.769. The normalized spacial score (nSPS) is 10.5. The molecule has 76 valence electrons. The lowest BCUT2D eigenvalue weighted by Crippen LogP contribution is -2.10. The van der Waals surface area contributed by atoms with Gasteiger partial charge in [-0.3, -0.25) is 4.79 Å². The minimum atomic E-state index is -0.407. The number of primary amides is 1. The second kappa shape index (κ2) is 3.71. The lowest BCUT2D eigenvalue weighted by molar-refractivity contribution is 0.100. The minimum absolute atomic E-state index is 0.407. The third kappa shape index (κ3) is 1.82. The van der Waals surface area contributed by atoms with E-state index in [4.69, 9.17) is 11.5 Å². The van der Waals surface area contributed by atoms with Gasteiger partial charge in [0.25, 0.3) is 0 Å². The van der Waals surface area contributed by atoms with E-state index in [1.165, 1.54) is 0 Å². The molecule has 0 aliphatic heterocycles. The molecule has 3 heteroatoms. The Balaban J connectivity index is 2.62. The summed E-state index contributed by atoms with van der Waals surface area (Å²) in [7, 11) is 0. The van der Waals surface area contributed by atoms with Crippen LogP contribution in [0.25, 0.3) is 10.8 Å². The number of fused-ring (bicyclic) bond motifs is 1. The van der Waals surface area contributed by atoms with Gasteiger partial charge in [0.1, 0.15) is 0 Å². The van der Waals surface area contributed by atoms with E-state index in [1.807, 2.05) is 24.3 Å². The molecule has 0 bridgehead atoms. The average Bonchev–Trinajstić information content (AvgIpc) is 2.27. The molecule has 2 aromatic carbocycles. The SMILES string of the molecule is NCc1ccc2ccc(C(N)=O)cc2c1. The number of rotatable bonds is 2. The molecule has 0 saturated carbocycles. The summed E-state index contributed by atoms with van der Waals surface area (Å²) in [6.07, 6.45) is 0. The van der Waals surface area contributed by atoms with Crippen molar-refractivity contribution in [3.63, 3.8) is 0 Å². The summed E-state index contributed by atoms with van der Waals surface area (Å²) < 4.78 is 0. The highest BCUT2D eigenvalue weighted by molar-refractivity contribution is 5.97. The zero-order valence-electron chi connectivity index (χ0n) is 8.23. The fourth-order valence-corrected chi connectivity index (χ4v) is 1.58. The van der Waals surface area contributed by atoms with Crippen LogP contribution in [0.15, 0.2) is 36.4 Å². The van der Waals surface area contributed by atoms with Crippen molar-refractivity contribution in [2.24, 2.45) is 11.5 Å². The third-order valence-electron chi connectivity index (χ3n) is 2.42. The van der Waals surface area contributed by atoms with Crippen molar-refractivity contribution >= 4 is 16.7 Å². The van der Waals surface area contributed by atoms with Crippen molar-refractivity contribution in [2.45, 2.75) is 6.54 Å². The highest BCUT2D eigenvalue weighted by Crippen LogP contribution is 2.17. The number of carbonyl (C=O) groups is 1. The van der Waals surface area contributed by atoms with Crippen molar-refractivity contribution in [3.8, 4) is 0 Å². The number of benzene rings is 2. The van der Waals surface area contributed by atoms with Crippen molar-refractivity contribution in [1.82, 2.24) is 0 Å². The zero-order valence-corrected chi connectivity index (χ0v) is 8.23. The molecule has 0 aromatic heterocycles. The summed E-state index contributed by atoms with van der Waals surface area (Å²) in [4.78, 5) is 11.0. The van der Waals surface area contributed by atoms with E-state index in [-0.39, 0.29) is 0 Å². The lowest BCUT2D eigenvalue weighted by Gasteiger charge is -2.02. The number of amides is 1. The van der Waals surface area contributed by atoms with Gasteiger partial charge in [0.2, 0.25) is 5.91 Å². The minimum Gasteiger partial charge on any atom is -0.366 e. The van der Waals surface area contributed by atoms with E-state index in [0.717, 1.165) is 16.3 Å². The number of hydrogen-bond acceptors (Lipinski definition) is 2. The molecule has 4 N–H and O–H groups in total. The topological polar surface area (TPSA) is 69.1 Å². The zero-order chi connectivity index (χ0) is 10.8. The summed E-state index contributed by atoms with van der Waals surface area (Å²) in [5.41, 5.74) is 12.3. The van der Waals surface area contributed by atoms with E-state index in [9.17, 15) is 4.79 Å². The van der Waals surface area contributed by atoms with Gasteiger partial charge in [-0.2, -0.15) is 0 Å². The second-order valence-electron chi connectivity index (χ2n) is 3.46. The van der Waals surface area contributed by atoms with Gasteiger partial charge in [0.05, 0.1) is 0 Å². The van der Waals surface area contributed by atoms with E-state index < -0.39 is 5.91 Å². The molecule has 0 heterocycles. The van der Waals surface area contributed by atoms with Gasteiger partial charge < -0.3 is 11.5 Å². The van der Waals surface area contributed by atoms with Gasteiger partial charge >= 0.3 is 0 Å². The van der Waals surface area contributed by atoms with Crippen LogP contribution in [0.1, 0.15) is 15.9 Å². The van der Waals surface area contributed by atoms with Crippen LogP contribution in [-0.2, 0) is 6.54 Å². The molecule has 2 aromatic rings.